The molecule has 2 aromatic rings. The first-order valence-electron chi connectivity index (χ1n) is 7.04. The van der Waals surface area contributed by atoms with Crippen molar-refractivity contribution in [2.75, 3.05) is 12.4 Å². The van der Waals surface area contributed by atoms with Gasteiger partial charge < -0.3 is 4.74 Å². The average Bonchev–Trinajstić information content (AvgIpc) is 2.97. The average molecular weight is 338 g/mol. The number of thioether (sulfide) groups is 1. The fraction of sp³-hybridized carbons (Fsp3) is 0.400. The van der Waals surface area contributed by atoms with Gasteiger partial charge in [0.25, 0.3) is 5.56 Å². The summed E-state index contributed by atoms with van der Waals surface area (Å²) in [6, 6.07) is 1.77. The van der Waals surface area contributed by atoms with Crippen molar-refractivity contribution in [3.8, 4) is 0 Å². The number of nitrogens with zero attached hydrogens (tertiary/aromatic N) is 2. The van der Waals surface area contributed by atoms with Crippen LogP contribution in [0.3, 0.4) is 0 Å². The molecule has 0 N–H and O–H groups in total. The first-order valence-corrected chi connectivity index (χ1v) is 8.91. The highest BCUT2D eigenvalue weighted by Crippen LogP contribution is 2.21. The molecule has 0 aliphatic carbocycles. The summed E-state index contributed by atoms with van der Waals surface area (Å²) in [6.45, 7) is 6.51. The second-order valence-electron chi connectivity index (χ2n) is 4.60. The molecule has 118 valence electrons. The molecule has 5 nitrogen and oxygen atoms in total. The third kappa shape index (κ3) is 3.98. The van der Waals surface area contributed by atoms with Gasteiger partial charge in [0.15, 0.2) is 5.16 Å². The quantitative estimate of drug-likeness (QED) is 0.243. The highest BCUT2D eigenvalue weighted by molar-refractivity contribution is 7.99. The Morgan fingerprint density at radius 1 is 1.59 bits per heavy atom. The number of aromatic nitrogens is 2. The maximum Gasteiger partial charge on any atom is 0.316 e. The van der Waals surface area contributed by atoms with Crippen LogP contribution in [0.5, 0.6) is 0 Å². The van der Waals surface area contributed by atoms with Crippen molar-refractivity contribution in [3.05, 3.63) is 34.5 Å². The fourth-order valence-electron chi connectivity index (χ4n) is 1.83. The van der Waals surface area contributed by atoms with E-state index in [1.54, 1.807) is 12.1 Å². The topological polar surface area (TPSA) is 61.2 Å². The van der Waals surface area contributed by atoms with Crippen LogP contribution in [-0.2, 0) is 16.1 Å². The predicted octanol–water partition coefficient (Wildman–Crippen LogP) is 3.08. The Balaban J connectivity index is 2.15. The van der Waals surface area contributed by atoms with E-state index in [0.29, 0.717) is 28.5 Å². The van der Waals surface area contributed by atoms with E-state index in [0.717, 1.165) is 12.8 Å². The summed E-state index contributed by atoms with van der Waals surface area (Å²) >= 11 is 2.64. The van der Waals surface area contributed by atoms with Gasteiger partial charge in [-0.15, -0.1) is 17.9 Å². The zero-order valence-corrected chi connectivity index (χ0v) is 14.0. The first kappa shape index (κ1) is 16.8. The predicted molar refractivity (Wildman–Crippen MR) is 90.7 cm³/mol. The SMILES string of the molecule is C=CCn1c(SCC(=O)OCCCC)nc2sccc2c1=O. The lowest BCUT2D eigenvalue weighted by Gasteiger charge is -2.09. The van der Waals surface area contributed by atoms with Crippen LogP contribution in [0.1, 0.15) is 19.8 Å². The maximum atomic E-state index is 12.4. The van der Waals surface area contributed by atoms with Crippen LogP contribution in [0.2, 0.25) is 0 Å². The van der Waals surface area contributed by atoms with Crippen molar-refractivity contribution < 1.29 is 9.53 Å². The van der Waals surface area contributed by atoms with E-state index in [1.807, 2.05) is 12.3 Å². The molecule has 0 fully saturated rings. The van der Waals surface area contributed by atoms with Gasteiger partial charge in [0.2, 0.25) is 0 Å². The van der Waals surface area contributed by atoms with Gasteiger partial charge in [0.05, 0.1) is 17.7 Å². The minimum absolute atomic E-state index is 0.104. The molecule has 22 heavy (non-hydrogen) atoms. The number of hydrogen-bond acceptors (Lipinski definition) is 6. The van der Waals surface area contributed by atoms with Gasteiger partial charge in [0, 0.05) is 6.54 Å². The van der Waals surface area contributed by atoms with Crippen LogP contribution in [0.15, 0.2) is 34.1 Å². The highest BCUT2D eigenvalue weighted by Gasteiger charge is 2.13. The van der Waals surface area contributed by atoms with Crippen LogP contribution in [0.25, 0.3) is 10.2 Å². The summed E-state index contributed by atoms with van der Waals surface area (Å²) in [6.07, 6.45) is 3.48. The number of carbonyl (C=O) groups excluding carboxylic acids is 1. The standard InChI is InChI=1S/C15H18N2O3S2/c1-3-5-8-20-12(18)10-22-15-16-13-11(6-9-21-13)14(19)17(15)7-4-2/h4,6,9H,2-3,5,7-8,10H2,1H3. The van der Waals surface area contributed by atoms with Gasteiger partial charge in [-0.05, 0) is 17.9 Å². The second kappa shape index (κ2) is 8.14. The van der Waals surface area contributed by atoms with Gasteiger partial charge in [-0.2, -0.15) is 0 Å². The number of rotatable bonds is 8. The Morgan fingerprint density at radius 2 is 2.41 bits per heavy atom. The number of carbonyl (C=O) groups is 1. The molecule has 7 heteroatoms. The summed E-state index contributed by atoms with van der Waals surface area (Å²) in [5.41, 5.74) is -0.104. The summed E-state index contributed by atoms with van der Waals surface area (Å²) in [5.74, 6) is -0.145. The minimum Gasteiger partial charge on any atom is -0.465 e. The molecule has 0 aromatic carbocycles. The monoisotopic (exact) mass is 338 g/mol. The lowest BCUT2D eigenvalue weighted by atomic mass is 10.4. The van der Waals surface area contributed by atoms with Gasteiger partial charge in [0.1, 0.15) is 4.83 Å². The number of fused-ring (bicyclic) bond motifs is 1. The summed E-state index contributed by atoms with van der Waals surface area (Å²) in [5, 5.41) is 2.96. The van der Waals surface area contributed by atoms with Crippen LogP contribution < -0.4 is 5.56 Å². The number of allylic oxidation sites excluding steroid dienone is 1. The zero-order chi connectivity index (χ0) is 15.9. The Hall–Kier alpha value is -1.60. The Labute approximate surface area is 137 Å². The highest BCUT2D eigenvalue weighted by atomic mass is 32.2. The molecule has 0 amide bonds. The van der Waals surface area contributed by atoms with E-state index < -0.39 is 0 Å². The molecule has 0 radical (unpaired) electrons. The van der Waals surface area contributed by atoms with Gasteiger partial charge in [-0.3, -0.25) is 14.2 Å². The Kier molecular flexibility index (Phi) is 6.21. The molecule has 0 unspecified atom stereocenters. The van der Waals surface area contributed by atoms with Crippen molar-refractivity contribution in [2.45, 2.75) is 31.5 Å². The van der Waals surface area contributed by atoms with Crippen LogP contribution >= 0.6 is 23.1 Å². The van der Waals surface area contributed by atoms with Crippen LogP contribution in [0.4, 0.5) is 0 Å². The molecule has 2 aromatic heterocycles. The van der Waals surface area contributed by atoms with E-state index in [1.165, 1.54) is 27.7 Å². The smallest absolute Gasteiger partial charge is 0.316 e. The molecule has 0 aliphatic heterocycles. The molecule has 0 atom stereocenters. The number of hydrogen-bond donors (Lipinski definition) is 0. The first-order chi connectivity index (χ1) is 10.7. The van der Waals surface area contributed by atoms with Crippen molar-refractivity contribution in [1.29, 1.82) is 0 Å². The molecule has 0 aliphatic rings. The molecule has 0 bridgehead atoms. The largest absolute Gasteiger partial charge is 0.465 e. The van der Waals surface area contributed by atoms with E-state index in [-0.39, 0.29) is 17.3 Å². The minimum atomic E-state index is -0.288. The van der Waals surface area contributed by atoms with Crippen molar-refractivity contribution in [1.82, 2.24) is 9.55 Å². The maximum absolute atomic E-state index is 12.4. The third-order valence-corrected chi connectivity index (χ3v) is 4.70. The lowest BCUT2D eigenvalue weighted by Crippen LogP contribution is -2.22. The van der Waals surface area contributed by atoms with E-state index in [4.69, 9.17) is 4.74 Å². The summed E-state index contributed by atoms with van der Waals surface area (Å²) in [4.78, 5) is 29.3. The van der Waals surface area contributed by atoms with Gasteiger partial charge in [-0.25, -0.2) is 4.98 Å². The van der Waals surface area contributed by atoms with Crippen molar-refractivity contribution >= 4 is 39.3 Å². The molecule has 2 rings (SSSR count). The molecule has 0 saturated carbocycles. The number of ether oxygens (including phenoxy) is 1. The van der Waals surface area contributed by atoms with Crippen LogP contribution in [0, 0.1) is 0 Å². The number of unbranched alkanes of at least 4 members (excludes halogenated alkanes) is 1. The molecule has 0 spiro atoms. The summed E-state index contributed by atoms with van der Waals surface area (Å²) < 4.78 is 6.65. The molecule has 2 heterocycles. The van der Waals surface area contributed by atoms with Crippen molar-refractivity contribution in [3.63, 3.8) is 0 Å². The lowest BCUT2D eigenvalue weighted by molar-refractivity contribution is -0.140. The Morgan fingerprint density at radius 3 is 3.14 bits per heavy atom. The van der Waals surface area contributed by atoms with E-state index in [9.17, 15) is 9.59 Å². The van der Waals surface area contributed by atoms with Crippen molar-refractivity contribution in [2.24, 2.45) is 0 Å². The Bertz CT molecular complexity index is 721. The number of esters is 1. The zero-order valence-electron chi connectivity index (χ0n) is 12.4. The molecule has 0 saturated heterocycles. The van der Waals surface area contributed by atoms with Gasteiger partial charge >= 0.3 is 5.97 Å². The molecular weight excluding hydrogens is 320 g/mol. The second-order valence-corrected chi connectivity index (χ2v) is 6.44. The number of thiophene rings is 1. The fourth-order valence-corrected chi connectivity index (χ4v) is 3.44. The van der Waals surface area contributed by atoms with Crippen LogP contribution in [-0.4, -0.2) is 27.9 Å². The molecular formula is C15H18N2O3S2. The third-order valence-electron chi connectivity index (χ3n) is 2.94. The van der Waals surface area contributed by atoms with E-state index in [2.05, 4.69) is 11.6 Å². The normalized spacial score (nSPS) is 10.8. The van der Waals surface area contributed by atoms with E-state index >= 15 is 0 Å². The van der Waals surface area contributed by atoms with Gasteiger partial charge in [-0.1, -0.05) is 31.2 Å². The summed E-state index contributed by atoms with van der Waals surface area (Å²) in [7, 11) is 0.